The highest BCUT2D eigenvalue weighted by Gasteiger charge is 2.43. The average molecular weight is 416 g/mol. The molecule has 2 aliphatic carbocycles. The van der Waals surface area contributed by atoms with Crippen molar-refractivity contribution in [3.63, 3.8) is 0 Å². The van der Waals surface area contributed by atoms with E-state index in [1.54, 1.807) is 0 Å². The molecule has 2 aliphatic rings. The molecule has 3 heteroatoms. The fraction of sp³-hybridized carbons (Fsp3) is 0.429. The maximum absolute atomic E-state index is 12.5. The van der Waals surface area contributed by atoms with Crippen LogP contribution in [0, 0.1) is 12.3 Å². The van der Waals surface area contributed by atoms with Crippen LogP contribution in [-0.2, 0) is 11.2 Å². The molecule has 0 aliphatic heterocycles. The molecular weight excluding hydrogens is 382 g/mol. The molecular formula is C28H33NO2. The molecule has 0 heterocycles. The van der Waals surface area contributed by atoms with Crippen molar-refractivity contribution in [2.24, 2.45) is 5.41 Å². The molecule has 0 radical (unpaired) electrons. The van der Waals surface area contributed by atoms with E-state index in [4.69, 9.17) is 0 Å². The maximum atomic E-state index is 12.5. The SMILES string of the molecule is Cc1ccc(CC(=O)C2(C)CC2)cc1-c1ccc(C(=O)NCCC2=CCCCC2)cc1. The summed E-state index contributed by atoms with van der Waals surface area (Å²) in [5, 5.41) is 3.05. The lowest BCUT2D eigenvalue weighted by atomic mass is 9.92. The van der Waals surface area contributed by atoms with E-state index in [1.807, 2.05) is 24.3 Å². The van der Waals surface area contributed by atoms with Crippen molar-refractivity contribution < 1.29 is 9.59 Å². The van der Waals surface area contributed by atoms with E-state index < -0.39 is 0 Å². The largest absolute Gasteiger partial charge is 0.352 e. The number of ketones is 1. The Morgan fingerprint density at radius 3 is 2.48 bits per heavy atom. The molecule has 1 amide bonds. The number of carbonyl (C=O) groups is 2. The zero-order chi connectivity index (χ0) is 21.8. The lowest BCUT2D eigenvalue weighted by Crippen LogP contribution is -2.24. The molecule has 1 fully saturated rings. The second-order valence-corrected chi connectivity index (χ2v) is 9.50. The second kappa shape index (κ2) is 9.21. The number of benzene rings is 2. The van der Waals surface area contributed by atoms with Crippen molar-refractivity contribution in [1.82, 2.24) is 5.32 Å². The zero-order valence-electron chi connectivity index (χ0n) is 18.8. The van der Waals surface area contributed by atoms with Crippen molar-refractivity contribution >= 4 is 11.7 Å². The van der Waals surface area contributed by atoms with E-state index in [1.165, 1.54) is 36.8 Å². The van der Waals surface area contributed by atoms with Gasteiger partial charge in [-0.05, 0) is 86.3 Å². The predicted octanol–water partition coefficient (Wildman–Crippen LogP) is 6.19. The Balaban J connectivity index is 1.39. The molecule has 0 atom stereocenters. The van der Waals surface area contributed by atoms with Gasteiger partial charge in [0.05, 0.1) is 0 Å². The van der Waals surface area contributed by atoms with Crippen LogP contribution in [0.25, 0.3) is 11.1 Å². The Hall–Kier alpha value is -2.68. The van der Waals surface area contributed by atoms with Gasteiger partial charge in [0.15, 0.2) is 0 Å². The first-order valence-electron chi connectivity index (χ1n) is 11.6. The summed E-state index contributed by atoms with van der Waals surface area (Å²) in [5.74, 6) is 0.329. The Kier molecular flexibility index (Phi) is 6.41. The number of rotatable bonds is 8. The van der Waals surface area contributed by atoms with E-state index >= 15 is 0 Å². The molecule has 1 N–H and O–H groups in total. The lowest BCUT2D eigenvalue weighted by molar-refractivity contribution is -0.122. The molecule has 0 bridgehead atoms. The number of amides is 1. The van der Waals surface area contributed by atoms with E-state index in [0.29, 0.717) is 24.3 Å². The molecule has 0 saturated heterocycles. The molecule has 162 valence electrons. The first-order chi connectivity index (χ1) is 14.9. The van der Waals surface area contributed by atoms with Gasteiger partial charge in [-0.15, -0.1) is 0 Å². The van der Waals surface area contributed by atoms with Gasteiger partial charge >= 0.3 is 0 Å². The van der Waals surface area contributed by atoms with Crippen molar-refractivity contribution in [3.05, 3.63) is 70.8 Å². The van der Waals surface area contributed by atoms with Gasteiger partial charge in [0, 0.05) is 23.9 Å². The highest BCUT2D eigenvalue weighted by atomic mass is 16.1. The first-order valence-corrected chi connectivity index (χ1v) is 11.6. The number of nitrogens with one attached hydrogen (secondary N) is 1. The molecule has 0 unspecified atom stereocenters. The molecule has 2 aromatic rings. The number of hydrogen-bond acceptors (Lipinski definition) is 2. The molecule has 1 saturated carbocycles. The Morgan fingerprint density at radius 2 is 1.81 bits per heavy atom. The average Bonchev–Trinajstić information content (AvgIpc) is 3.54. The van der Waals surface area contributed by atoms with Gasteiger partial charge in [0.2, 0.25) is 0 Å². The first kappa shape index (κ1) is 21.5. The number of hydrogen-bond donors (Lipinski definition) is 1. The highest BCUT2D eigenvalue weighted by Crippen LogP contribution is 2.46. The second-order valence-electron chi connectivity index (χ2n) is 9.50. The van der Waals surface area contributed by atoms with Crippen LogP contribution in [0.4, 0.5) is 0 Å². The highest BCUT2D eigenvalue weighted by molar-refractivity contribution is 5.94. The lowest BCUT2D eigenvalue weighted by Gasteiger charge is -2.13. The van der Waals surface area contributed by atoms with Crippen LogP contribution < -0.4 is 5.32 Å². The molecule has 2 aromatic carbocycles. The summed E-state index contributed by atoms with van der Waals surface area (Å²) in [4.78, 5) is 25.0. The Labute approximate surface area is 185 Å². The van der Waals surface area contributed by atoms with Crippen LogP contribution in [0.3, 0.4) is 0 Å². The third-order valence-electron chi connectivity index (χ3n) is 6.91. The maximum Gasteiger partial charge on any atom is 0.251 e. The van der Waals surface area contributed by atoms with Crippen molar-refractivity contribution in [2.75, 3.05) is 6.54 Å². The summed E-state index contributed by atoms with van der Waals surface area (Å²) in [6.07, 6.45) is 10.7. The number of allylic oxidation sites excluding steroid dienone is 1. The van der Waals surface area contributed by atoms with E-state index in [-0.39, 0.29) is 11.3 Å². The Bertz CT molecular complexity index is 996. The van der Waals surface area contributed by atoms with Gasteiger partial charge < -0.3 is 5.32 Å². The third-order valence-corrected chi connectivity index (χ3v) is 6.91. The van der Waals surface area contributed by atoms with Gasteiger partial charge in [-0.25, -0.2) is 0 Å². The summed E-state index contributed by atoms with van der Waals surface area (Å²) in [5.41, 5.74) is 6.52. The minimum absolute atomic E-state index is 0.0169. The Morgan fingerprint density at radius 1 is 1.03 bits per heavy atom. The monoisotopic (exact) mass is 415 g/mol. The minimum Gasteiger partial charge on any atom is -0.352 e. The van der Waals surface area contributed by atoms with Crippen LogP contribution in [0.5, 0.6) is 0 Å². The standard InChI is InChI=1S/C28H33NO2/c1-20-8-9-22(19-26(30)28(2)15-16-28)18-25(20)23-10-12-24(13-11-23)27(31)29-17-14-21-6-4-3-5-7-21/h6,8-13,18H,3-5,7,14-17,19H2,1-2H3,(H,29,31). The minimum atomic E-state index is -0.0897. The molecule has 0 aromatic heterocycles. The van der Waals surface area contributed by atoms with Gasteiger partial charge in [-0.2, -0.15) is 0 Å². The summed E-state index contributed by atoms with van der Waals surface area (Å²) in [7, 11) is 0. The summed E-state index contributed by atoms with van der Waals surface area (Å²) >= 11 is 0. The number of Topliss-reactive ketones (excluding diaryl/α,β-unsaturated/α-hetero) is 1. The summed E-state index contributed by atoms with van der Waals surface area (Å²) in [6.45, 7) is 4.85. The molecule has 3 nitrogen and oxygen atoms in total. The fourth-order valence-corrected chi connectivity index (χ4v) is 4.33. The fourth-order valence-electron chi connectivity index (χ4n) is 4.33. The smallest absolute Gasteiger partial charge is 0.251 e. The topological polar surface area (TPSA) is 46.2 Å². The molecule has 4 rings (SSSR count). The van der Waals surface area contributed by atoms with E-state index in [9.17, 15) is 9.59 Å². The van der Waals surface area contributed by atoms with Gasteiger partial charge in [-0.3, -0.25) is 9.59 Å². The summed E-state index contributed by atoms with van der Waals surface area (Å²) < 4.78 is 0. The predicted molar refractivity (Wildman–Crippen MR) is 126 cm³/mol. The van der Waals surface area contributed by atoms with Gasteiger partial charge in [-0.1, -0.05) is 48.9 Å². The van der Waals surface area contributed by atoms with Crippen LogP contribution in [0.1, 0.15) is 73.4 Å². The van der Waals surface area contributed by atoms with Crippen LogP contribution in [-0.4, -0.2) is 18.2 Å². The van der Waals surface area contributed by atoms with Crippen LogP contribution in [0.2, 0.25) is 0 Å². The van der Waals surface area contributed by atoms with Crippen molar-refractivity contribution in [1.29, 1.82) is 0 Å². The van der Waals surface area contributed by atoms with Gasteiger partial charge in [0.1, 0.15) is 5.78 Å². The zero-order valence-corrected chi connectivity index (χ0v) is 18.8. The van der Waals surface area contributed by atoms with E-state index in [2.05, 4.69) is 43.4 Å². The molecule has 0 spiro atoms. The quantitative estimate of drug-likeness (QED) is 0.522. The van der Waals surface area contributed by atoms with Gasteiger partial charge in [0.25, 0.3) is 5.91 Å². The van der Waals surface area contributed by atoms with Crippen LogP contribution in [0.15, 0.2) is 54.1 Å². The normalized spacial score (nSPS) is 17.0. The van der Waals surface area contributed by atoms with E-state index in [0.717, 1.165) is 36.0 Å². The van der Waals surface area contributed by atoms with Crippen molar-refractivity contribution in [2.45, 2.75) is 65.2 Å². The molecule has 31 heavy (non-hydrogen) atoms. The van der Waals surface area contributed by atoms with Crippen molar-refractivity contribution in [3.8, 4) is 11.1 Å². The van der Waals surface area contributed by atoms with Crippen LogP contribution >= 0.6 is 0 Å². The number of carbonyl (C=O) groups excluding carboxylic acids is 2. The third kappa shape index (κ3) is 5.33. The number of aryl methyl sites for hydroxylation is 1. The summed E-state index contributed by atoms with van der Waals surface area (Å²) in [6, 6.07) is 14.1.